The molecule has 1 unspecified atom stereocenters. The topological polar surface area (TPSA) is 160 Å². The van der Waals surface area contributed by atoms with E-state index in [1.165, 1.54) is 16.7 Å². The highest BCUT2D eigenvalue weighted by Gasteiger charge is 2.38. The summed E-state index contributed by atoms with van der Waals surface area (Å²) in [7, 11) is 0. The largest absolute Gasteiger partial charge is 0.463 e. The number of ether oxygens (including phenoxy) is 2. The minimum atomic E-state index is -0.514. The van der Waals surface area contributed by atoms with E-state index in [-0.39, 0.29) is 86.5 Å². The van der Waals surface area contributed by atoms with Crippen LogP contribution in [-0.4, -0.2) is 103 Å². The highest BCUT2D eigenvalue weighted by molar-refractivity contribution is 8.00. The number of esters is 1. The number of rotatable bonds is 30. The Morgan fingerprint density at radius 1 is 0.712 bits per heavy atom. The lowest BCUT2D eigenvalue weighted by atomic mass is 9.89. The van der Waals surface area contributed by atoms with Crippen LogP contribution in [0.15, 0.2) is 0 Å². The van der Waals surface area contributed by atoms with Crippen molar-refractivity contribution in [2.24, 2.45) is 5.41 Å². The van der Waals surface area contributed by atoms with Gasteiger partial charge < -0.3 is 25.4 Å². The van der Waals surface area contributed by atoms with E-state index in [0.717, 1.165) is 70.8 Å². The molecule has 1 aliphatic heterocycles. The third-order valence-corrected chi connectivity index (χ3v) is 9.73. The summed E-state index contributed by atoms with van der Waals surface area (Å²) in [6.45, 7) is 15.7. The van der Waals surface area contributed by atoms with E-state index in [4.69, 9.17) is 9.47 Å². The molecule has 0 aromatic rings. The van der Waals surface area contributed by atoms with Gasteiger partial charge in [0.1, 0.15) is 12.4 Å². The van der Waals surface area contributed by atoms with Crippen LogP contribution in [-0.2, 0) is 38.2 Å². The minimum Gasteiger partial charge on any atom is -0.463 e. The Balaban J connectivity index is 1.97. The van der Waals surface area contributed by atoms with Crippen molar-refractivity contribution in [1.82, 2.24) is 20.9 Å². The number of ketones is 1. The predicted molar refractivity (Wildman–Crippen MR) is 207 cm³/mol. The van der Waals surface area contributed by atoms with Crippen LogP contribution in [0, 0.1) is 5.41 Å². The quantitative estimate of drug-likeness (QED) is 0.0486. The zero-order valence-electron chi connectivity index (χ0n) is 33.2. The Kier molecular flexibility index (Phi) is 24.8. The van der Waals surface area contributed by atoms with E-state index in [2.05, 4.69) is 57.5 Å². The molecule has 4 amide bonds. The van der Waals surface area contributed by atoms with Crippen molar-refractivity contribution in [1.29, 1.82) is 0 Å². The van der Waals surface area contributed by atoms with E-state index in [1.54, 1.807) is 0 Å². The van der Waals surface area contributed by atoms with E-state index >= 15 is 0 Å². The normalized spacial score (nSPS) is 14.9. The van der Waals surface area contributed by atoms with Gasteiger partial charge in [0.05, 0.1) is 18.5 Å². The first-order chi connectivity index (χ1) is 24.6. The lowest BCUT2D eigenvalue weighted by Gasteiger charge is -2.20. The number of carbonyl (C=O) groups excluding carboxylic acids is 6. The summed E-state index contributed by atoms with van der Waals surface area (Å²) in [5, 5.41) is 8.61. The summed E-state index contributed by atoms with van der Waals surface area (Å²) >= 11 is 1.30. The molecule has 0 radical (unpaired) electrons. The maximum absolute atomic E-state index is 12.7. The lowest BCUT2D eigenvalue weighted by molar-refractivity contribution is -0.145. The number of carbonyl (C=O) groups is 6. The summed E-state index contributed by atoms with van der Waals surface area (Å²) < 4.78 is 10.6. The fourth-order valence-electron chi connectivity index (χ4n) is 5.52. The van der Waals surface area contributed by atoms with Crippen molar-refractivity contribution < 1.29 is 38.2 Å². The summed E-state index contributed by atoms with van der Waals surface area (Å²) in [5.74, 6) is -0.379. The number of likely N-dealkylation sites (tertiary alicyclic amines) is 1. The van der Waals surface area contributed by atoms with Crippen molar-refractivity contribution >= 4 is 47.1 Å². The molecule has 300 valence electrons. The zero-order valence-corrected chi connectivity index (χ0v) is 34.0. The summed E-state index contributed by atoms with van der Waals surface area (Å²) in [5.41, 5.74) is 0.388. The first kappa shape index (κ1) is 47.5. The Morgan fingerprint density at radius 3 is 2.06 bits per heavy atom. The van der Waals surface area contributed by atoms with Gasteiger partial charge in [0.25, 0.3) is 0 Å². The summed E-state index contributed by atoms with van der Waals surface area (Å²) in [4.78, 5) is 74.6. The van der Waals surface area contributed by atoms with Gasteiger partial charge in [-0.15, -0.1) is 11.8 Å². The van der Waals surface area contributed by atoms with Crippen molar-refractivity contribution in [3.8, 4) is 0 Å². The molecule has 0 aromatic heterocycles. The Labute approximate surface area is 317 Å². The number of amides is 4. The van der Waals surface area contributed by atoms with Crippen molar-refractivity contribution in [2.45, 2.75) is 155 Å². The van der Waals surface area contributed by atoms with Gasteiger partial charge in [0.15, 0.2) is 0 Å². The van der Waals surface area contributed by atoms with Crippen LogP contribution in [0.1, 0.15) is 144 Å². The van der Waals surface area contributed by atoms with Crippen LogP contribution >= 0.6 is 11.8 Å². The second-order valence-electron chi connectivity index (χ2n) is 15.9. The number of hydrogen-bond donors (Lipinski definition) is 3. The monoisotopic (exact) mass is 754 g/mol. The Hall–Kier alpha value is -2.51. The Morgan fingerprint density at radius 2 is 1.35 bits per heavy atom. The van der Waals surface area contributed by atoms with Crippen LogP contribution in [0.3, 0.4) is 0 Å². The van der Waals surface area contributed by atoms with Gasteiger partial charge in [-0.3, -0.25) is 33.7 Å². The average molecular weight is 755 g/mol. The second-order valence-corrected chi connectivity index (χ2v) is 17.2. The molecule has 3 N–H and O–H groups in total. The maximum Gasteiger partial charge on any atom is 0.305 e. The second kappa shape index (κ2) is 27.1. The van der Waals surface area contributed by atoms with Gasteiger partial charge >= 0.3 is 5.97 Å². The molecule has 1 atom stereocenters. The Bertz CT molecular complexity index is 1090. The molecule has 1 fully saturated rings. The smallest absolute Gasteiger partial charge is 0.305 e. The molecule has 0 aliphatic carbocycles. The van der Waals surface area contributed by atoms with Gasteiger partial charge in [-0.2, -0.15) is 0 Å². The van der Waals surface area contributed by atoms with Crippen LogP contribution in [0.4, 0.5) is 0 Å². The molecule has 1 heterocycles. The van der Waals surface area contributed by atoms with Gasteiger partial charge in [-0.1, -0.05) is 52.9 Å². The molecule has 0 aromatic carbocycles. The first-order valence-corrected chi connectivity index (χ1v) is 20.6. The standard InChI is InChI=1S/C39H70N4O8S/c1-38(2,3)21-14-10-11-16-31(44)19-25-43-35(47)30-32(37(43)49)52-29-20-34(46)41-24-26-50-27-28-51-36(48)18-13-9-7-8-12-17-33(45)40-22-15-23-42-39(4,5)6/h32,42H,7-30H2,1-6H3,(H,40,45)(H,41,46). The third kappa shape index (κ3) is 26.3. The zero-order chi connectivity index (χ0) is 38.8. The third-order valence-electron chi connectivity index (χ3n) is 8.52. The maximum atomic E-state index is 12.7. The number of unbranched alkanes of at least 4 members (excludes halogenated alkanes) is 6. The molecule has 0 spiro atoms. The van der Waals surface area contributed by atoms with E-state index < -0.39 is 5.25 Å². The number of nitrogens with zero attached hydrogens (tertiary/aromatic N) is 1. The van der Waals surface area contributed by atoms with E-state index in [0.29, 0.717) is 43.5 Å². The van der Waals surface area contributed by atoms with Crippen LogP contribution < -0.4 is 16.0 Å². The molecule has 52 heavy (non-hydrogen) atoms. The van der Waals surface area contributed by atoms with Crippen molar-refractivity contribution in [3.63, 3.8) is 0 Å². The first-order valence-electron chi connectivity index (χ1n) is 19.6. The van der Waals surface area contributed by atoms with Crippen LogP contribution in [0.25, 0.3) is 0 Å². The van der Waals surface area contributed by atoms with Gasteiger partial charge in [-0.05, 0) is 64.8 Å². The fraction of sp³-hybridized carbons (Fsp3) is 0.846. The summed E-state index contributed by atoms with van der Waals surface area (Å²) in [6, 6.07) is 0. The minimum absolute atomic E-state index is 0.0816. The highest BCUT2D eigenvalue weighted by atomic mass is 32.2. The fourth-order valence-corrected chi connectivity index (χ4v) is 6.64. The number of thioether (sulfide) groups is 1. The van der Waals surface area contributed by atoms with E-state index in [1.807, 2.05) is 0 Å². The number of Topliss-reactive ketones (excluding diaryl/α,β-unsaturated/α-hetero) is 1. The molecular weight excluding hydrogens is 685 g/mol. The lowest BCUT2D eigenvalue weighted by Crippen LogP contribution is -2.37. The van der Waals surface area contributed by atoms with Crippen LogP contribution in [0.5, 0.6) is 0 Å². The highest BCUT2D eigenvalue weighted by Crippen LogP contribution is 2.26. The molecule has 0 bridgehead atoms. The molecule has 1 aliphatic rings. The van der Waals surface area contributed by atoms with Crippen molar-refractivity contribution in [2.75, 3.05) is 51.8 Å². The van der Waals surface area contributed by atoms with E-state index in [9.17, 15) is 28.8 Å². The van der Waals surface area contributed by atoms with Gasteiger partial charge in [0, 0.05) is 69.5 Å². The predicted octanol–water partition coefficient (Wildman–Crippen LogP) is 5.49. The molecule has 13 heteroatoms. The van der Waals surface area contributed by atoms with Gasteiger partial charge in [0.2, 0.25) is 23.6 Å². The molecular formula is C39H70N4O8S. The summed E-state index contributed by atoms with van der Waals surface area (Å²) in [6.07, 6.45) is 11.3. The molecule has 1 rings (SSSR count). The van der Waals surface area contributed by atoms with Gasteiger partial charge in [-0.25, -0.2) is 0 Å². The van der Waals surface area contributed by atoms with Crippen LogP contribution in [0.2, 0.25) is 0 Å². The van der Waals surface area contributed by atoms with Crippen molar-refractivity contribution in [3.05, 3.63) is 0 Å². The SMILES string of the molecule is CC(C)(C)CCCCCC(=O)CCN1C(=O)CC(SCCC(=O)NCCOCCOC(=O)CCCCCCCC(=O)NCCCNC(C)(C)C)C1=O. The number of hydrogen-bond acceptors (Lipinski definition) is 10. The molecule has 1 saturated heterocycles. The number of nitrogens with one attached hydrogen (secondary N) is 3. The molecule has 12 nitrogen and oxygen atoms in total. The molecule has 0 saturated carbocycles. The average Bonchev–Trinajstić information content (AvgIpc) is 3.32. The number of imide groups is 1.